The fourth-order valence-electron chi connectivity index (χ4n) is 1.98. The van der Waals surface area contributed by atoms with Crippen molar-refractivity contribution in [2.24, 2.45) is 0 Å². The lowest BCUT2D eigenvalue weighted by molar-refractivity contribution is 0.435. The largest absolute Gasteiger partial charge is 0.369 e. The first kappa shape index (κ1) is 17.4. The van der Waals surface area contributed by atoms with Gasteiger partial charge in [-0.25, -0.2) is 18.1 Å². The molecule has 0 aliphatic carbocycles. The van der Waals surface area contributed by atoms with E-state index in [0.717, 1.165) is 6.42 Å². The lowest BCUT2D eigenvalue weighted by atomic mass is 10.3. The average Bonchev–Trinajstić information content (AvgIpc) is 3.01. The Morgan fingerprint density at radius 1 is 1.30 bits per heavy atom. The second-order valence-electron chi connectivity index (χ2n) is 5.04. The number of hydrogen-bond acceptors (Lipinski definition) is 5. The molecule has 0 saturated carbocycles. The molecule has 2 aromatic rings. The molecule has 1 unspecified atom stereocenters. The van der Waals surface area contributed by atoms with Crippen molar-refractivity contribution in [3.05, 3.63) is 36.4 Å². The minimum Gasteiger partial charge on any atom is -0.369 e. The van der Waals surface area contributed by atoms with Crippen molar-refractivity contribution in [3.63, 3.8) is 0 Å². The van der Waals surface area contributed by atoms with E-state index >= 15 is 0 Å². The van der Waals surface area contributed by atoms with Crippen LogP contribution in [0.5, 0.6) is 0 Å². The predicted octanol–water partition coefficient (Wildman–Crippen LogP) is 1.78. The summed E-state index contributed by atoms with van der Waals surface area (Å²) < 4.78 is 41.6. The number of rotatable bonds is 8. The lowest BCUT2D eigenvalue weighted by Gasteiger charge is -2.14. The van der Waals surface area contributed by atoms with Gasteiger partial charge in [-0.1, -0.05) is 13.0 Å². The van der Waals surface area contributed by atoms with E-state index in [1.165, 1.54) is 29.1 Å². The third-order valence-corrected chi connectivity index (χ3v) is 4.81. The molecule has 7 nitrogen and oxygen atoms in total. The summed E-state index contributed by atoms with van der Waals surface area (Å²) in [6.45, 7) is 4.30. The van der Waals surface area contributed by atoms with Gasteiger partial charge >= 0.3 is 0 Å². The van der Waals surface area contributed by atoms with Gasteiger partial charge in [0.25, 0.3) is 10.0 Å². The summed E-state index contributed by atoms with van der Waals surface area (Å²) in [6.07, 6.45) is 2.24. The molecule has 2 N–H and O–H groups in total. The smallest absolute Gasteiger partial charge is 0.257 e. The van der Waals surface area contributed by atoms with Crippen LogP contribution in [0.3, 0.4) is 0 Å². The van der Waals surface area contributed by atoms with Gasteiger partial charge in [-0.05, 0) is 31.5 Å². The van der Waals surface area contributed by atoms with Crippen LogP contribution in [0.1, 0.15) is 26.3 Å². The summed E-state index contributed by atoms with van der Waals surface area (Å²) in [5.74, 6) is -0.234. The molecule has 2 heterocycles. The maximum atomic E-state index is 12.9. The van der Waals surface area contributed by atoms with Crippen LogP contribution in [0.4, 0.5) is 10.2 Å². The molecule has 0 fully saturated rings. The van der Waals surface area contributed by atoms with E-state index in [-0.39, 0.29) is 24.2 Å². The van der Waals surface area contributed by atoms with Crippen molar-refractivity contribution in [1.82, 2.24) is 19.5 Å². The summed E-state index contributed by atoms with van der Waals surface area (Å²) in [5, 5.41) is 7.06. The van der Waals surface area contributed by atoms with Crippen LogP contribution >= 0.6 is 0 Å². The first-order chi connectivity index (χ1) is 10.9. The topological polar surface area (TPSA) is 88.9 Å². The third-order valence-electron chi connectivity index (χ3n) is 3.36. The molecule has 2 aromatic heterocycles. The normalized spacial score (nSPS) is 13.0. The van der Waals surface area contributed by atoms with Crippen molar-refractivity contribution in [1.29, 1.82) is 0 Å². The zero-order valence-electron chi connectivity index (χ0n) is 13.0. The maximum absolute atomic E-state index is 12.9. The fourth-order valence-corrected chi connectivity index (χ4v) is 3.21. The minimum atomic E-state index is -3.65. The molecule has 0 spiro atoms. The Labute approximate surface area is 135 Å². The summed E-state index contributed by atoms with van der Waals surface area (Å²) in [7, 11) is -3.65. The summed E-state index contributed by atoms with van der Waals surface area (Å²) >= 11 is 0. The van der Waals surface area contributed by atoms with E-state index in [2.05, 4.69) is 20.1 Å². The molecule has 9 heteroatoms. The molecule has 0 bridgehead atoms. The highest BCUT2D eigenvalue weighted by Gasteiger charge is 2.20. The van der Waals surface area contributed by atoms with Gasteiger partial charge in [-0.15, -0.1) is 0 Å². The second-order valence-corrected chi connectivity index (χ2v) is 6.76. The van der Waals surface area contributed by atoms with Crippen molar-refractivity contribution >= 4 is 15.8 Å². The van der Waals surface area contributed by atoms with E-state index < -0.39 is 16.0 Å². The first-order valence-electron chi connectivity index (χ1n) is 7.33. The predicted molar refractivity (Wildman–Crippen MR) is 85.1 cm³/mol. The van der Waals surface area contributed by atoms with Gasteiger partial charge in [0.1, 0.15) is 5.82 Å². The van der Waals surface area contributed by atoms with Crippen LogP contribution < -0.4 is 10.0 Å². The van der Waals surface area contributed by atoms with E-state index in [9.17, 15) is 12.8 Å². The molecule has 0 aliphatic heterocycles. The van der Waals surface area contributed by atoms with Crippen LogP contribution in [0.15, 0.2) is 35.5 Å². The summed E-state index contributed by atoms with van der Waals surface area (Å²) in [5.41, 5.74) is 0. The quantitative estimate of drug-likeness (QED) is 0.564. The van der Waals surface area contributed by atoms with Gasteiger partial charge in [-0.2, -0.15) is 9.49 Å². The Morgan fingerprint density at radius 2 is 2.09 bits per heavy atom. The van der Waals surface area contributed by atoms with E-state index in [4.69, 9.17) is 0 Å². The molecule has 0 amide bonds. The highest BCUT2D eigenvalue weighted by Crippen LogP contribution is 2.16. The monoisotopic (exact) mass is 341 g/mol. The molecular weight excluding hydrogens is 321 g/mol. The average molecular weight is 341 g/mol. The molecule has 0 aromatic carbocycles. The molecular formula is C14H20FN5O2S. The van der Waals surface area contributed by atoms with Crippen molar-refractivity contribution in [3.8, 4) is 0 Å². The third kappa shape index (κ3) is 4.49. The van der Waals surface area contributed by atoms with Crippen LogP contribution in [-0.2, 0) is 10.0 Å². The molecule has 0 aliphatic rings. The van der Waals surface area contributed by atoms with Gasteiger partial charge in [0.15, 0.2) is 5.03 Å². The van der Waals surface area contributed by atoms with Crippen LogP contribution in [0, 0.1) is 5.95 Å². The van der Waals surface area contributed by atoms with Crippen molar-refractivity contribution in [2.45, 2.75) is 31.3 Å². The number of nitrogens with zero attached hydrogens (tertiary/aromatic N) is 3. The number of anilines is 1. The fraction of sp³-hybridized carbons (Fsp3) is 0.429. The molecule has 0 radical (unpaired) electrons. The van der Waals surface area contributed by atoms with Gasteiger partial charge in [0.2, 0.25) is 5.95 Å². The Kier molecular flexibility index (Phi) is 5.67. The van der Waals surface area contributed by atoms with Crippen LogP contribution in [-0.4, -0.2) is 36.3 Å². The number of nitrogens with one attached hydrogen (secondary N) is 2. The van der Waals surface area contributed by atoms with Gasteiger partial charge in [0, 0.05) is 13.1 Å². The van der Waals surface area contributed by atoms with E-state index in [0.29, 0.717) is 5.82 Å². The Morgan fingerprint density at radius 3 is 2.78 bits per heavy atom. The Balaban J connectivity index is 1.93. The van der Waals surface area contributed by atoms with Crippen molar-refractivity contribution < 1.29 is 12.8 Å². The Hall–Kier alpha value is -2.00. The highest BCUT2D eigenvalue weighted by atomic mass is 32.2. The van der Waals surface area contributed by atoms with Gasteiger partial charge in [0.05, 0.1) is 12.2 Å². The highest BCUT2D eigenvalue weighted by molar-refractivity contribution is 7.89. The molecule has 0 saturated heterocycles. The molecule has 1 atom stereocenters. The zero-order chi connectivity index (χ0) is 16.9. The molecule has 126 valence electrons. The lowest BCUT2D eigenvalue weighted by Crippen LogP contribution is -2.31. The number of halogens is 1. The zero-order valence-corrected chi connectivity index (χ0v) is 13.8. The van der Waals surface area contributed by atoms with Gasteiger partial charge < -0.3 is 5.32 Å². The number of sulfonamides is 1. The van der Waals surface area contributed by atoms with Crippen molar-refractivity contribution in [2.75, 3.05) is 18.4 Å². The SMILES string of the molecule is CCC(C)n1nccc1S(=O)(=O)NCCNc1cccc(F)n1. The van der Waals surface area contributed by atoms with E-state index in [1.807, 2.05) is 13.8 Å². The van der Waals surface area contributed by atoms with Crippen LogP contribution in [0.25, 0.3) is 0 Å². The Bertz CT molecular complexity index is 747. The number of pyridine rings is 1. The van der Waals surface area contributed by atoms with E-state index in [1.54, 1.807) is 6.07 Å². The minimum absolute atomic E-state index is 0.00815. The van der Waals surface area contributed by atoms with Gasteiger partial charge in [-0.3, -0.25) is 4.68 Å². The van der Waals surface area contributed by atoms with Crippen LogP contribution in [0.2, 0.25) is 0 Å². The maximum Gasteiger partial charge on any atom is 0.257 e. The second kappa shape index (κ2) is 7.51. The number of aromatic nitrogens is 3. The first-order valence-corrected chi connectivity index (χ1v) is 8.82. The standard InChI is InChI=1S/C14H20FN5O2S/c1-3-11(2)20-14(7-8-17-20)23(21,22)18-10-9-16-13-6-4-5-12(15)19-13/h4-8,11,18H,3,9-10H2,1-2H3,(H,16,19). The summed E-state index contributed by atoms with van der Waals surface area (Å²) in [6, 6.07) is 5.83. The molecule has 2 rings (SSSR count). The number of hydrogen-bond donors (Lipinski definition) is 2. The molecule has 23 heavy (non-hydrogen) atoms. The summed E-state index contributed by atoms with van der Waals surface area (Å²) in [4.78, 5) is 3.64.